The Morgan fingerprint density at radius 2 is 1.84 bits per heavy atom. The van der Waals surface area contributed by atoms with E-state index in [0.717, 1.165) is 28.7 Å². The number of nitrogens with one attached hydrogen (secondary N) is 1. The highest BCUT2D eigenvalue weighted by Crippen LogP contribution is 2.19. The van der Waals surface area contributed by atoms with Crippen LogP contribution >= 0.6 is 11.7 Å². The fourth-order valence-corrected chi connectivity index (χ4v) is 2.68. The molecule has 1 N–H and O–H groups in total. The molecule has 0 atom stereocenters. The zero-order valence-electron chi connectivity index (χ0n) is 13.6. The molecule has 128 valence electrons. The fraction of sp³-hybridized carbons (Fsp3) is 0.167. The van der Waals surface area contributed by atoms with Gasteiger partial charge in [-0.05, 0) is 29.8 Å². The van der Waals surface area contributed by atoms with E-state index in [1.54, 1.807) is 12.1 Å². The number of carbonyl (C=O) groups is 1. The first-order valence-corrected chi connectivity index (χ1v) is 8.39. The number of anilines is 1. The Bertz CT molecular complexity index is 819. The molecule has 0 aliphatic heterocycles. The lowest BCUT2D eigenvalue weighted by Crippen LogP contribution is -2.04. The van der Waals surface area contributed by atoms with Crippen LogP contribution in [0.15, 0.2) is 54.6 Å². The maximum Gasteiger partial charge on any atom is 0.337 e. The van der Waals surface area contributed by atoms with Gasteiger partial charge < -0.3 is 14.8 Å². The summed E-state index contributed by atoms with van der Waals surface area (Å²) < 4.78 is 18.9. The van der Waals surface area contributed by atoms with E-state index >= 15 is 0 Å². The monoisotopic (exact) mass is 355 g/mol. The summed E-state index contributed by atoms with van der Waals surface area (Å²) in [6, 6.07) is 17.0. The van der Waals surface area contributed by atoms with Crippen LogP contribution in [0.5, 0.6) is 5.88 Å². The van der Waals surface area contributed by atoms with E-state index in [9.17, 15) is 4.79 Å². The van der Waals surface area contributed by atoms with Crippen molar-refractivity contribution in [2.24, 2.45) is 0 Å². The van der Waals surface area contributed by atoms with E-state index in [0.29, 0.717) is 24.6 Å². The Balaban J connectivity index is 1.57. The average molecular weight is 355 g/mol. The highest BCUT2D eigenvalue weighted by molar-refractivity contribution is 6.99. The number of ether oxygens (including phenoxy) is 2. The summed E-state index contributed by atoms with van der Waals surface area (Å²) in [5.41, 5.74) is 3.20. The maximum atomic E-state index is 11.4. The molecule has 0 radical (unpaired) electrons. The summed E-state index contributed by atoms with van der Waals surface area (Å²) >= 11 is 1.12. The minimum Gasteiger partial charge on any atom is -0.471 e. The van der Waals surface area contributed by atoms with Crippen LogP contribution in [-0.2, 0) is 17.9 Å². The molecule has 1 heterocycles. The van der Waals surface area contributed by atoms with Gasteiger partial charge in [-0.1, -0.05) is 30.3 Å². The van der Waals surface area contributed by atoms with Crippen molar-refractivity contribution in [2.75, 3.05) is 12.4 Å². The van der Waals surface area contributed by atoms with Crippen molar-refractivity contribution >= 4 is 23.4 Å². The quantitative estimate of drug-likeness (QED) is 0.654. The van der Waals surface area contributed by atoms with Crippen molar-refractivity contribution < 1.29 is 14.3 Å². The van der Waals surface area contributed by atoms with Gasteiger partial charge >= 0.3 is 5.97 Å². The Labute approximate surface area is 149 Å². The molecule has 6 nitrogen and oxygen atoms in total. The van der Waals surface area contributed by atoms with Gasteiger partial charge in [-0.15, -0.1) is 4.37 Å². The molecule has 0 saturated heterocycles. The molecule has 0 fully saturated rings. The number of carbonyl (C=O) groups excluding carboxylic acids is 1. The van der Waals surface area contributed by atoms with Gasteiger partial charge in [0, 0.05) is 5.69 Å². The first kappa shape index (κ1) is 16.9. The largest absolute Gasteiger partial charge is 0.471 e. The zero-order chi connectivity index (χ0) is 17.5. The molecule has 25 heavy (non-hydrogen) atoms. The minimum absolute atomic E-state index is 0.355. The molecule has 0 aliphatic rings. The number of nitrogens with zero attached hydrogens (tertiary/aromatic N) is 2. The van der Waals surface area contributed by atoms with Gasteiger partial charge in [-0.2, -0.15) is 4.37 Å². The lowest BCUT2D eigenvalue weighted by Gasteiger charge is -2.08. The van der Waals surface area contributed by atoms with Gasteiger partial charge in [0.2, 0.25) is 0 Å². The molecular formula is C18H17N3O3S. The smallest absolute Gasteiger partial charge is 0.337 e. The molecule has 0 saturated carbocycles. The van der Waals surface area contributed by atoms with Crippen LogP contribution in [0.4, 0.5) is 5.69 Å². The number of methoxy groups -OCH3 is 1. The average Bonchev–Trinajstić information content (AvgIpc) is 3.13. The molecule has 0 aliphatic carbocycles. The van der Waals surface area contributed by atoms with Crippen LogP contribution in [0.3, 0.4) is 0 Å². The fourth-order valence-electron chi connectivity index (χ4n) is 2.17. The van der Waals surface area contributed by atoms with Crippen LogP contribution in [0.2, 0.25) is 0 Å². The number of esters is 1. The number of rotatable bonds is 7. The number of hydrogen-bond acceptors (Lipinski definition) is 7. The van der Waals surface area contributed by atoms with Crippen LogP contribution < -0.4 is 10.1 Å². The Hall–Kier alpha value is -2.93. The minimum atomic E-state index is -0.355. The highest BCUT2D eigenvalue weighted by Gasteiger charge is 2.10. The zero-order valence-corrected chi connectivity index (χ0v) is 14.5. The first-order chi connectivity index (χ1) is 12.3. The summed E-state index contributed by atoms with van der Waals surface area (Å²) in [7, 11) is 1.36. The van der Waals surface area contributed by atoms with E-state index < -0.39 is 0 Å². The Morgan fingerprint density at radius 1 is 1.08 bits per heavy atom. The van der Waals surface area contributed by atoms with E-state index in [1.165, 1.54) is 7.11 Å². The standard InChI is InChI=1S/C18H17N3O3S/c1-23-18(22)14-7-9-15(10-8-14)19-11-16-17(21-25-20-16)24-12-13-5-3-2-4-6-13/h2-10,19H,11-12H2,1H3. The molecule has 0 bridgehead atoms. The van der Waals surface area contributed by atoms with Gasteiger partial charge in [0.15, 0.2) is 0 Å². The van der Waals surface area contributed by atoms with Gasteiger partial charge in [0.25, 0.3) is 5.88 Å². The Kier molecular flexibility index (Phi) is 5.58. The van der Waals surface area contributed by atoms with Crippen molar-refractivity contribution in [1.29, 1.82) is 0 Å². The molecule has 7 heteroatoms. The van der Waals surface area contributed by atoms with Crippen molar-refractivity contribution in [1.82, 2.24) is 8.75 Å². The molecule has 3 rings (SSSR count). The van der Waals surface area contributed by atoms with Crippen molar-refractivity contribution in [3.8, 4) is 5.88 Å². The lowest BCUT2D eigenvalue weighted by molar-refractivity contribution is 0.0601. The molecule has 2 aromatic carbocycles. The summed E-state index contributed by atoms with van der Waals surface area (Å²) in [6.45, 7) is 0.936. The summed E-state index contributed by atoms with van der Waals surface area (Å²) in [5, 5.41) is 3.24. The number of benzene rings is 2. The van der Waals surface area contributed by atoms with Crippen LogP contribution in [0, 0.1) is 0 Å². The lowest BCUT2D eigenvalue weighted by atomic mass is 10.2. The molecule has 0 unspecified atom stereocenters. The van der Waals surface area contributed by atoms with Crippen molar-refractivity contribution in [3.63, 3.8) is 0 Å². The van der Waals surface area contributed by atoms with E-state index in [1.807, 2.05) is 42.5 Å². The predicted octanol–water partition coefficient (Wildman–Crippen LogP) is 3.52. The number of hydrogen-bond donors (Lipinski definition) is 1. The third-order valence-electron chi connectivity index (χ3n) is 3.51. The van der Waals surface area contributed by atoms with Crippen LogP contribution in [0.25, 0.3) is 0 Å². The summed E-state index contributed by atoms with van der Waals surface area (Å²) in [5.74, 6) is 0.180. The van der Waals surface area contributed by atoms with Gasteiger partial charge in [0.05, 0.1) is 30.9 Å². The van der Waals surface area contributed by atoms with E-state index in [4.69, 9.17) is 4.74 Å². The first-order valence-electron chi connectivity index (χ1n) is 7.66. The second kappa shape index (κ2) is 8.25. The highest BCUT2D eigenvalue weighted by atomic mass is 32.1. The number of aromatic nitrogens is 2. The Morgan fingerprint density at radius 3 is 2.56 bits per heavy atom. The van der Waals surface area contributed by atoms with E-state index in [-0.39, 0.29) is 5.97 Å². The third-order valence-corrected chi connectivity index (χ3v) is 4.06. The second-order valence-electron chi connectivity index (χ2n) is 5.21. The van der Waals surface area contributed by atoms with Gasteiger partial charge in [0.1, 0.15) is 12.3 Å². The second-order valence-corrected chi connectivity index (χ2v) is 5.74. The normalized spacial score (nSPS) is 10.3. The molecule has 0 spiro atoms. The summed E-state index contributed by atoms with van der Waals surface area (Å²) in [4.78, 5) is 11.4. The predicted molar refractivity (Wildman–Crippen MR) is 95.8 cm³/mol. The summed E-state index contributed by atoms with van der Waals surface area (Å²) in [6.07, 6.45) is 0. The topological polar surface area (TPSA) is 73.3 Å². The van der Waals surface area contributed by atoms with Crippen LogP contribution in [-0.4, -0.2) is 21.8 Å². The van der Waals surface area contributed by atoms with Crippen molar-refractivity contribution in [2.45, 2.75) is 13.2 Å². The molecule has 3 aromatic rings. The molecule has 1 aromatic heterocycles. The maximum absolute atomic E-state index is 11.4. The van der Waals surface area contributed by atoms with Crippen LogP contribution in [0.1, 0.15) is 21.6 Å². The SMILES string of the molecule is COC(=O)c1ccc(NCc2nsnc2OCc2ccccc2)cc1. The molecule has 0 amide bonds. The van der Waals surface area contributed by atoms with Crippen molar-refractivity contribution in [3.05, 3.63) is 71.4 Å². The van der Waals surface area contributed by atoms with Gasteiger partial charge in [-0.3, -0.25) is 0 Å². The van der Waals surface area contributed by atoms with E-state index in [2.05, 4.69) is 18.8 Å². The van der Waals surface area contributed by atoms with Gasteiger partial charge in [-0.25, -0.2) is 4.79 Å². The third kappa shape index (κ3) is 4.54. The molecular weight excluding hydrogens is 338 g/mol.